The molecule has 2 heterocycles. The first-order valence-corrected chi connectivity index (χ1v) is 8.78. The Morgan fingerprint density at radius 2 is 1.88 bits per heavy atom. The predicted molar refractivity (Wildman–Crippen MR) is 99.3 cm³/mol. The first-order chi connectivity index (χ1) is 12.5. The number of carbonyl (C=O) groups is 2. The topological polar surface area (TPSA) is 74.6 Å². The predicted octanol–water partition coefficient (Wildman–Crippen LogP) is 3.26. The van der Waals surface area contributed by atoms with Crippen LogP contribution in [0.3, 0.4) is 0 Å². The SMILES string of the molecule is COc1cccc(N2C(=O)C3N=NN(c4ccc(Br)c(C)c4)C3C2=O)c1. The van der Waals surface area contributed by atoms with Gasteiger partial charge in [0.05, 0.1) is 18.5 Å². The number of fused-ring (bicyclic) bond motifs is 1. The zero-order valence-electron chi connectivity index (χ0n) is 14.1. The van der Waals surface area contributed by atoms with Gasteiger partial charge in [0.2, 0.25) is 0 Å². The van der Waals surface area contributed by atoms with Crippen molar-refractivity contribution in [3.63, 3.8) is 0 Å². The van der Waals surface area contributed by atoms with Gasteiger partial charge in [0.15, 0.2) is 12.1 Å². The van der Waals surface area contributed by atoms with E-state index in [1.54, 1.807) is 24.3 Å². The van der Waals surface area contributed by atoms with Gasteiger partial charge in [0.1, 0.15) is 5.75 Å². The average Bonchev–Trinajstić information content (AvgIpc) is 3.18. The van der Waals surface area contributed by atoms with Gasteiger partial charge in [-0.1, -0.05) is 27.2 Å². The lowest BCUT2D eigenvalue weighted by molar-refractivity contribution is -0.121. The Morgan fingerprint density at radius 1 is 1.08 bits per heavy atom. The number of carbonyl (C=O) groups excluding carboxylic acids is 2. The Labute approximate surface area is 158 Å². The number of hydrogen-bond acceptors (Lipinski definition) is 6. The molecule has 8 heteroatoms. The van der Waals surface area contributed by atoms with Crippen molar-refractivity contribution in [2.45, 2.75) is 19.0 Å². The van der Waals surface area contributed by atoms with Crippen LogP contribution in [0.15, 0.2) is 57.3 Å². The number of benzene rings is 2. The van der Waals surface area contributed by atoms with Crippen molar-refractivity contribution < 1.29 is 14.3 Å². The number of anilines is 2. The van der Waals surface area contributed by atoms with Crippen LogP contribution in [0.2, 0.25) is 0 Å². The maximum atomic E-state index is 13.0. The lowest BCUT2D eigenvalue weighted by Gasteiger charge is -2.21. The van der Waals surface area contributed by atoms with Gasteiger partial charge < -0.3 is 4.74 Å². The van der Waals surface area contributed by atoms with E-state index >= 15 is 0 Å². The highest BCUT2D eigenvalue weighted by Crippen LogP contribution is 2.36. The van der Waals surface area contributed by atoms with Crippen LogP contribution in [-0.4, -0.2) is 31.0 Å². The van der Waals surface area contributed by atoms with Crippen molar-refractivity contribution in [1.29, 1.82) is 0 Å². The molecule has 0 bridgehead atoms. The minimum absolute atomic E-state index is 0.348. The zero-order chi connectivity index (χ0) is 18.4. The smallest absolute Gasteiger partial charge is 0.263 e. The van der Waals surface area contributed by atoms with Gasteiger partial charge in [-0.25, -0.2) is 9.91 Å². The highest BCUT2D eigenvalue weighted by atomic mass is 79.9. The van der Waals surface area contributed by atoms with Crippen LogP contribution in [0, 0.1) is 6.92 Å². The minimum Gasteiger partial charge on any atom is -0.497 e. The Kier molecular flexibility index (Phi) is 3.99. The van der Waals surface area contributed by atoms with Crippen LogP contribution < -0.4 is 14.6 Å². The van der Waals surface area contributed by atoms with Crippen molar-refractivity contribution in [1.82, 2.24) is 0 Å². The van der Waals surface area contributed by atoms with Gasteiger partial charge in [-0.05, 0) is 42.8 Å². The number of nitrogens with zero attached hydrogens (tertiary/aromatic N) is 4. The second-order valence-corrected chi connectivity index (χ2v) is 6.94. The fourth-order valence-electron chi connectivity index (χ4n) is 3.15. The Hall–Kier alpha value is -2.74. The second kappa shape index (κ2) is 6.21. The van der Waals surface area contributed by atoms with Crippen molar-refractivity contribution in [3.05, 3.63) is 52.5 Å². The fraction of sp³-hybridized carbons (Fsp3) is 0.222. The molecule has 7 nitrogen and oxygen atoms in total. The molecule has 132 valence electrons. The molecule has 4 rings (SSSR count). The molecule has 1 fully saturated rings. The van der Waals surface area contributed by atoms with Crippen LogP contribution in [-0.2, 0) is 9.59 Å². The highest BCUT2D eigenvalue weighted by Gasteiger charge is 2.55. The number of ether oxygens (including phenoxy) is 1. The molecule has 2 aromatic rings. The minimum atomic E-state index is -0.836. The molecule has 26 heavy (non-hydrogen) atoms. The van der Waals surface area contributed by atoms with Gasteiger partial charge >= 0.3 is 0 Å². The molecule has 2 atom stereocenters. The number of imide groups is 1. The third-order valence-corrected chi connectivity index (χ3v) is 5.39. The van der Waals surface area contributed by atoms with Crippen molar-refractivity contribution >= 4 is 39.1 Å². The number of hydrogen-bond donors (Lipinski definition) is 0. The molecule has 0 spiro atoms. The van der Waals surface area contributed by atoms with Crippen LogP contribution in [0.5, 0.6) is 5.75 Å². The lowest BCUT2D eigenvalue weighted by Crippen LogP contribution is -2.39. The Morgan fingerprint density at radius 3 is 2.62 bits per heavy atom. The third-order valence-electron chi connectivity index (χ3n) is 4.50. The average molecular weight is 415 g/mol. The van der Waals surface area contributed by atoms with E-state index in [1.165, 1.54) is 12.1 Å². The number of halogens is 1. The molecule has 0 saturated carbocycles. The summed E-state index contributed by atoms with van der Waals surface area (Å²) in [5, 5.41) is 9.65. The van der Waals surface area contributed by atoms with Gasteiger partial charge in [0, 0.05) is 10.5 Å². The summed E-state index contributed by atoms with van der Waals surface area (Å²) in [5.74, 6) is -0.158. The summed E-state index contributed by atoms with van der Waals surface area (Å²) in [6.07, 6.45) is 0. The number of methoxy groups -OCH3 is 1. The molecule has 0 radical (unpaired) electrons. The van der Waals surface area contributed by atoms with Gasteiger partial charge in [0.25, 0.3) is 11.8 Å². The molecule has 2 aliphatic rings. The molecule has 2 aromatic carbocycles. The first kappa shape index (κ1) is 16.7. The van der Waals surface area contributed by atoms with E-state index in [9.17, 15) is 9.59 Å². The van der Waals surface area contributed by atoms with Gasteiger partial charge in [-0.2, -0.15) is 5.11 Å². The van der Waals surface area contributed by atoms with E-state index in [2.05, 4.69) is 26.3 Å². The zero-order valence-corrected chi connectivity index (χ0v) is 15.7. The van der Waals surface area contributed by atoms with Gasteiger partial charge in [-0.3, -0.25) is 9.59 Å². The molecule has 2 unspecified atom stereocenters. The Bertz CT molecular complexity index is 946. The second-order valence-electron chi connectivity index (χ2n) is 6.09. The summed E-state index contributed by atoms with van der Waals surface area (Å²) in [4.78, 5) is 27.0. The maximum Gasteiger partial charge on any atom is 0.263 e. The van der Waals surface area contributed by atoms with Crippen LogP contribution >= 0.6 is 15.9 Å². The van der Waals surface area contributed by atoms with Crippen molar-refractivity contribution in [3.8, 4) is 5.75 Å². The molecule has 2 aliphatic heterocycles. The molecular formula is C18H15BrN4O3. The monoisotopic (exact) mass is 414 g/mol. The summed E-state index contributed by atoms with van der Waals surface area (Å²) >= 11 is 3.46. The fourth-order valence-corrected chi connectivity index (χ4v) is 3.40. The Balaban J connectivity index is 1.70. The molecule has 2 amide bonds. The first-order valence-electron chi connectivity index (χ1n) is 7.99. The molecular weight excluding hydrogens is 400 g/mol. The summed E-state index contributed by atoms with van der Waals surface area (Å²) in [5.41, 5.74) is 2.19. The number of amides is 2. The summed E-state index contributed by atoms with van der Waals surface area (Å²) in [6.45, 7) is 1.95. The largest absolute Gasteiger partial charge is 0.497 e. The summed E-state index contributed by atoms with van der Waals surface area (Å²) < 4.78 is 6.15. The van der Waals surface area contributed by atoms with Crippen LogP contribution in [0.4, 0.5) is 11.4 Å². The lowest BCUT2D eigenvalue weighted by atomic mass is 10.1. The van der Waals surface area contributed by atoms with E-state index in [-0.39, 0.29) is 11.8 Å². The van der Waals surface area contributed by atoms with Gasteiger partial charge in [-0.15, -0.1) is 0 Å². The van der Waals surface area contributed by atoms with E-state index < -0.39 is 12.1 Å². The van der Waals surface area contributed by atoms with E-state index in [0.717, 1.165) is 20.6 Å². The summed E-state index contributed by atoms with van der Waals surface area (Å²) in [6, 6.07) is 10.9. The molecule has 1 saturated heterocycles. The van der Waals surface area contributed by atoms with E-state index in [4.69, 9.17) is 4.74 Å². The number of aryl methyl sites for hydroxylation is 1. The van der Waals surface area contributed by atoms with Crippen molar-refractivity contribution in [2.75, 3.05) is 17.0 Å². The van der Waals surface area contributed by atoms with E-state index in [1.807, 2.05) is 25.1 Å². The highest BCUT2D eigenvalue weighted by molar-refractivity contribution is 9.10. The standard InChI is InChI=1S/C18H15BrN4O3/c1-10-8-12(6-7-14(10)19)23-16-15(20-21-23)17(24)22(18(16)25)11-4-3-5-13(9-11)26-2/h3-9,15-16H,1-2H3. The number of rotatable bonds is 3. The van der Waals surface area contributed by atoms with E-state index in [0.29, 0.717) is 11.4 Å². The van der Waals surface area contributed by atoms with Crippen LogP contribution in [0.1, 0.15) is 5.56 Å². The summed E-state index contributed by atoms with van der Waals surface area (Å²) in [7, 11) is 1.54. The molecule has 0 N–H and O–H groups in total. The molecule has 0 aliphatic carbocycles. The molecule has 0 aromatic heterocycles. The van der Waals surface area contributed by atoms with Crippen molar-refractivity contribution in [2.24, 2.45) is 10.3 Å². The van der Waals surface area contributed by atoms with Crippen LogP contribution in [0.25, 0.3) is 0 Å². The maximum absolute atomic E-state index is 13.0. The third kappa shape index (κ3) is 2.48. The normalized spacial score (nSPS) is 21.5. The quantitative estimate of drug-likeness (QED) is 0.722.